The Morgan fingerprint density at radius 1 is 1.25 bits per heavy atom. The van der Waals surface area contributed by atoms with Crippen LogP contribution in [0, 0.1) is 0 Å². The number of phosphoric acid groups is 2. The summed E-state index contributed by atoms with van der Waals surface area (Å²) in [6.07, 6.45) is -4.59. The van der Waals surface area contributed by atoms with E-state index in [2.05, 4.69) is 39.7 Å². The molecule has 2 aromatic heterocycles. The van der Waals surface area contributed by atoms with E-state index in [0.717, 1.165) is 6.33 Å². The van der Waals surface area contributed by atoms with Crippen molar-refractivity contribution in [1.82, 2.24) is 19.5 Å². The van der Waals surface area contributed by atoms with Crippen molar-refractivity contribution in [1.29, 1.82) is 0 Å². The minimum Gasteiger partial charge on any atom is -0.387 e. The van der Waals surface area contributed by atoms with E-state index in [1.165, 1.54) is 4.57 Å². The van der Waals surface area contributed by atoms with Crippen LogP contribution in [0.3, 0.4) is 0 Å². The molecule has 0 aromatic carbocycles. The van der Waals surface area contributed by atoms with Gasteiger partial charge in [-0.3, -0.25) is 9.09 Å². The quantitative estimate of drug-likeness (QED) is 0.204. The summed E-state index contributed by atoms with van der Waals surface area (Å²) in [4.78, 5) is 38.3. The minimum absolute atomic E-state index is 0.0631. The molecule has 1 aliphatic heterocycles. The first kappa shape index (κ1) is 21.7. The summed E-state index contributed by atoms with van der Waals surface area (Å²) in [5, 5.41) is 20.5. The van der Waals surface area contributed by atoms with Gasteiger partial charge in [-0.05, 0) is 15.9 Å². The Bertz CT molecular complexity index is 983. The summed E-state index contributed by atoms with van der Waals surface area (Å²) in [5.41, 5.74) is 6.09. The van der Waals surface area contributed by atoms with Gasteiger partial charge in [0.15, 0.2) is 27.9 Å². The Kier molecular flexibility index (Phi) is 5.93. The van der Waals surface area contributed by atoms with Crippen molar-refractivity contribution in [2.75, 3.05) is 12.3 Å². The van der Waals surface area contributed by atoms with Crippen LogP contribution >= 0.6 is 31.6 Å². The Balaban J connectivity index is 1.80. The first-order chi connectivity index (χ1) is 12.9. The molecule has 1 unspecified atom stereocenters. The lowest BCUT2D eigenvalue weighted by atomic mass is 10.1. The van der Waals surface area contributed by atoms with Crippen molar-refractivity contribution >= 4 is 48.6 Å². The van der Waals surface area contributed by atoms with Crippen LogP contribution in [0.2, 0.25) is 0 Å². The zero-order valence-corrected chi connectivity index (χ0v) is 16.9. The highest BCUT2D eigenvalue weighted by atomic mass is 79.9. The fourth-order valence-corrected chi connectivity index (χ4v) is 4.68. The molecule has 0 bridgehead atoms. The van der Waals surface area contributed by atoms with Crippen molar-refractivity contribution < 1.29 is 47.6 Å². The van der Waals surface area contributed by atoms with Gasteiger partial charge in [-0.15, -0.1) is 0 Å². The van der Waals surface area contributed by atoms with Crippen LogP contribution in [-0.4, -0.2) is 69.3 Å². The molecule has 3 heterocycles. The second-order valence-electron chi connectivity index (χ2n) is 5.56. The minimum atomic E-state index is -5.30. The molecule has 3 rings (SSSR count). The molecule has 156 valence electrons. The van der Waals surface area contributed by atoms with Crippen molar-refractivity contribution in [3.05, 3.63) is 11.1 Å². The summed E-state index contributed by atoms with van der Waals surface area (Å²) in [7, 11) is -10.5. The fraction of sp³-hybridized carbons (Fsp3) is 0.500. The van der Waals surface area contributed by atoms with Crippen LogP contribution in [0.5, 0.6) is 0 Å². The summed E-state index contributed by atoms with van der Waals surface area (Å²) in [6, 6.07) is 0. The Labute approximate surface area is 164 Å². The van der Waals surface area contributed by atoms with Gasteiger partial charge in [0.1, 0.15) is 24.6 Å². The van der Waals surface area contributed by atoms with Crippen molar-refractivity contribution in [3.63, 3.8) is 0 Å². The predicted molar refractivity (Wildman–Crippen MR) is 92.3 cm³/mol. The number of ether oxygens (including phenoxy) is 1. The monoisotopic (exact) mass is 505 g/mol. The second kappa shape index (κ2) is 7.66. The van der Waals surface area contributed by atoms with Crippen molar-refractivity contribution in [2.24, 2.45) is 0 Å². The van der Waals surface area contributed by atoms with E-state index in [-0.39, 0.29) is 21.7 Å². The van der Waals surface area contributed by atoms with E-state index in [4.69, 9.17) is 20.3 Å². The Hall–Kier alpha value is -1.03. The molecule has 0 radical (unpaired) electrons. The van der Waals surface area contributed by atoms with Gasteiger partial charge in [-0.2, -0.15) is 4.31 Å². The van der Waals surface area contributed by atoms with Gasteiger partial charge in [0, 0.05) is 0 Å². The molecule has 5 atom stereocenters. The maximum absolute atomic E-state index is 11.5. The number of rotatable bonds is 6. The topological polar surface area (TPSA) is 233 Å². The zero-order chi connectivity index (χ0) is 20.9. The molecule has 0 saturated carbocycles. The molecule has 1 aliphatic rings. The maximum atomic E-state index is 11.5. The molecule has 1 fully saturated rings. The molecule has 7 N–H and O–H groups in total. The standard InChI is InChI=1S/C10H14BrN5O10P2/c11-10-15-4-7(12)13-2-14-8(4)16(10)9-6(18)5(17)3(25-9)1-24-28(22,23)26-27(19,20)21/h2-3,5-6,9,17-18H,1H2,(H,22,23)(H2,12,13,14)(H2,19,20,21)/t3-,5+,6-,9-/m1/s1. The number of nitrogens with zero attached hydrogens (tertiary/aromatic N) is 4. The number of phosphoric ester groups is 1. The lowest BCUT2D eigenvalue weighted by Gasteiger charge is -2.18. The van der Waals surface area contributed by atoms with Crippen molar-refractivity contribution in [3.8, 4) is 0 Å². The van der Waals surface area contributed by atoms with Gasteiger partial charge < -0.3 is 35.4 Å². The van der Waals surface area contributed by atoms with Gasteiger partial charge in [0.25, 0.3) is 0 Å². The summed E-state index contributed by atoms with van der Waals surface area (Å²) in [6.45, 7) is -0.829. The van der Waals surface area contributed by atoms with E-state index in [9.17, 15) is 24.2 Å². The van der Waals surface area contributed by atoms with Gasteiger partial charge >= 0.3 is 15.6 Å². The average Bonchev–Trinajstić information content (AvgIpc) is 3.02. The number of anilines is 1. The third kappa shape index (κ3) is 4.42. The molecular weight excluding hydrogens is 492 g/mol. The Morgan fingerprint density at radius 3 is 2.57 bits per heavy atom. The number of hydrogen-bond donors (Lipinski definition) is 6. The lowest BCUT2D eigenvalue weighted by Crippen LogP contribution is -2.33. The maximum Gasteiger partial charge on any atom is 0.481 e. The number of fused-ring (bicyclic) bond motifs is 1. The number of halogens is 1. The molecule has 18 heteroatoms. The average molecular weight is 506 g/mol. The van der Waals surface area contributed by atoms with Crippen LogP contribution in [0.1, 0.15) is 6.23 Å². The van der Waals surface area contributed by atoms with Gasteiger partial charge in [0.2, 0.25) is 0 Å². The lowest BCUT2D eigenvalue weighted by molar-refractivity contribution is -0.0513. The third-order valence-electron chi connectivity index (χ3n) is 3.67. The van der Waals surface area contributed by atoms with E-state index in [1.807, 2.05) is 0 Å². The number of imidazole rings is 1. The van der Waals surface area contributed by atoms with Crippen LogP contribution in [-0.2, 0) is 22.7 Å². The molecular formula is C10H14BrN5O10P2. The van der Waals surface area contributed by atoms with Crippen molar-refractivity contribution in [2.45, 2.75) is 24.5 Å². The van der Waals surface area contributed by atoms with Crippen LogP contribution in [0.15, 0.2) is 11.1 Å². The Morgan fingerprint density at radius 2 is 1.93 bits per heavy atom. The van der Waals surface area contributed by atoms with Gasteiger partial charge in [-0.25, -0.2) is 24.1 Å². The van der Waals surface area contributed by atoms with E-state index < -0.39 is 46.8 Å². The molecule has 0 amide bonds. The highest BCUT2D eigenvalue weighted by Crippen LogP contribution is 2.57. The summed E-state index contributed by atoms with van der Waals surface area (Å²) >= 11 is 3.16. The molecule has 15 nitrogen and oxygen atoms in total. The molecule has 0 aliphatic carbocycles. The third-order valence-corrected chi connectivity index (χ3v) is 6.38. The van der Waals surface area contributed by atoms with Crippen LogP contribution in [0.25, 0.3) is 11.2 Å². The highest BCUT2D eigenvalue weighted by Gasteiger charge is 2.46. The molecule has 1 saturated heterocycles. The first-order valence-corrected chi connectivity index (χ1v) is 11.1. The molecule has 28 heavy (non-hydrogen) atoms. The number of aliphatic hydroxyl groups is 2. The number of aliphatic hydroxyl groups excluding tert-OH is 2. The van der Waals surface area contributed by atoms with Gasteiger partial charge in [0.05, 0.1) is 6.61 Å². The van der Waals surface area contributed by atoms with E-state index >= 15 is 0 Å². The first-order valence-electron chi connectivity index (χ1n) is 7.29. The van der Waals surface area contributed by atoms with Crippen LogP contribution < -0.4 is 5.73 Å². The largest absolute Gasteiger partial charge is 0.481 e. The fourth-order valence-electron chi connectivity index (χ4n) is 2.53. The predicted octanol–water partition coefficient (Wildman–Crippen LogP) is -0.984. The highest BCUT2D eigenvalue weighted by molar-refractivity contribution is 9.10. The second-order valence-corrected chi connectivity index (χ2v) is 9.10. The smallest absolute Gasteiger partial charge is 0.387 e. The number of nitrogens with two attached hydrogens (primary N) is 1. The van der Waals surface area contributed by atoms with E-state index in [1.54, 1.807) is 0 Å². The number of aromatic nitrogens is 4. The summed E-state index contributed by atoms with van der Waals surface area (Å²) in [5.74, 6) is 0.0631. The number of hydrogen-bond acceptors (Lipinski definition) is 11. The SMILES string of the molecule is Nc1ncnc2c1nc(Br)n2[C@@H]1O[C@H](COP(=O)(O)OP(=O)(O)O)[C@H](O)[C@H]1O. The van der Waals surface area contributed by atoms with E-state index in [0.29, 0.717) is 0 Å². The zero-order valence-electron chi connectivity index (χ0n) is 13.5. The normalized spacial score (nSPS) is 27.9. The van der Waals surface area contributed by atoms with Crippen LogP contribution in [0.4, 0.5) is 5.82 Å². The number of nitrogen functional groups attached to an aromatic ring is 1. The molecule has 2 aromatic rings. The summed E-state index contributed by atoms with van der Waals surface area (Å²) < 4.78 is 37.1. The molecule has 0 spiro atoms. The van der Waals surface area contributed by atoms with Gasteiger partial charge in [-0.1, -0.05) is 0 Å².